The van der Waals surface area contributed by atoms with Crippen molar-refractivity contribution in [3.05, 3.63) is 30.1 Å². The summed E-state index contributed by atoms with van der Waals surface area (Å²) >= 11 is 0. The van der Waals surface area contributed by atoms with Gasteiger partial charge in [-0.25, -0.2) is 4.98 Å². The molecular formula is C21H28N4O2. The number of para-hydroxylation sites is 2. The van der Waals surface area contributed by atoms with Crippen molar-refractivity contribution in [2.75, 3.05) is 19.6 Å². The highest BCUT2D eigenvalue weighted by atomic mass is 16.2. The summed E-state index contributed by atoms with van der Waals surface area (Å²) in [5.41, 5.74) is 2.06. The monoisotopic (exact) mass is 368 g/mol. The largest absolute Gasteiger partial charge is 0.342 e. The molecule has 2 aliphatic rings. The van der Waals surface area contributed by atoms with Gasteiger partial charge in [-0.2, -0.15) is 0 Å². The van der Waals surface area contributed by atoms with E-state index in [-0.39, 0.29) is 23.8 Å². The van der Waals surface area contributed by atoms with Gasteiger partial charge in [0.25, 0.3) is 0 Å². The van der Waals surface area contributed by atoms with Crippen LogP contribution in [0, 0.1) is 11.8 Å². The molecule has 144 valence electrons. The standard InChI is InChI=1S/C21H28N4O2/c1-14(2)12-24-13-15(11-19(24)26)21(27)25-10-6-9-18(25)20-22-16-7-4-5-8-17(16)23(20)3/h4-5,7-8,14-15,18H,6,9-13H2,1-3H3. The minimum atomic E-state index is -0.216. The maximum absolute atomic E-state index is 13.2. The zero-order valence-electron chi connectivity index (χ0n) is 16.4. The molecule has 0 N–H and O–H groups in total. The van der Waals surface area contributed by atoms with E-state index < -0.39 is 0 Å². The van der Waals surface area contributed by atoms with Crippen LogP contribution in [0.3, 0.4) is 0 Å². The third-order valence-corrected chi connectivity index (χ3v) is 5.80. The van der Waals surface area contributed by atoms with Crippen LogP contribution in [0.15, 0.2) is 24.3 Å². The van der Waals surface area contributed by atoms with Gasteiger partial charge in [-0.15, -0.1) is 0 Å². The van der Waals surface area contributed by atoms with Crippen molar-refractivity contribution in [3.63, 3.8) is 0 Å². The first-order valence-corrected chi connectivity index (χ1v) is 9.95. The molecule has 3 heterocycles. The molecule has 0 spiro atoms. The average molecular weight is 368 g/mol. The number of benzene rings is 1. The number of hydrogen-bond donors (Lipinski definition) is 0. The number of aryl methyl sites for hydroxylation is 1. The van der Waals surface area contributed by atoms with Crippen LogP contribution < -0.4 is 0 Å². The van der Waals surface area contributed by atoms with Crippen molar-refractivity contribution in [1.82, 2.24) is 19.4 Å². The van der Waals surface area contributed by atoms with Crippen molar-refractivity contribution in [3.8, 4) is 0 Å². The first-order chi connectivity index (χ1) is 13.0. The van der Waals surface area contributed by atoms with E-state index in [4.69, 9.17) is 4.98 Å². The highest BCUT2D eigenvalue weighted by molar-refractivity contribution is 5.89. The third-order valence-electron chi connectivity index (χ3n) is 5.80. The molecule has 6 nitrogen and oxygen atoms in total. The molecular weight excluding hydrogens is 340 g/mol. The second-order valence-corrected chi connectivity index (χ2v) is 8.30. The van der Waals surface area contributed by atoms with Gasteiger partial charge in [-0.3, -0.25) is 9.59 Å². The maximum atomic E-state index is 13.2. The first-order valence-electron chi connectivity index (χ1n) is 9.95. The van der Waals surface area contributed by atoms with Gasteiger partial charge in [-0.05, 0) is 30.9 Å². The summed E-state index contributed by atoms with van der Waals surface area (Å²) in [6, 6.07) is 8.08. The Morgan fingerprint density at radius 2 is 2.07 bits per heavy atom. The Labute approximate surface area is 160 Å². The molecule has 1 aromatic heterocycles. The Bertz CT molecular complexity index is 872. The fraction of sp³-hybridized carbons (Fsp3) is 0.571. The molecule has 2 aromatic rings. The summed E-state index contributed by atoms with van der Waals surface area (Å²) in [5, 5.41) is 0. The molecule has 2 saturated heterocycles. The predicted molar refractivity (Wildman–Crippen MR) is 104 cm³/mol. The Morgan fingerprint density at radius 3 is 2.81 bits per heavy atom. The highest BCUT2D eigenvalue weighted by Crippen LogP contribution is 2.35. The van der Waals surface area contributed by atoms with Gasteiger partial charge < -0.3 is 14.4 Å². The molecule has 2 unspecified atom stereocenters. The lowest BCUT2D eigenvalue weighted by atomic mass is 10.1. The van der Waals surface area contributed by atoms with Crippen molar-refractivity contribution in [1.29, 1.82) is 0 Å². The van der Waals surface area contributed by atoms with Gasteiger partial charge in [0.15, 0.2) is 0 Å². The summed E-state index contributed by atoms with van der Waals surface area (Å²) in [7, 11) is 2.02. The summed E-state index contributed by atoms with van der Waals surface area (Å²) in [6.45, 7) is 6.25. The van der Waals surface area contributed by atoms with Crippen molar-refractivity contribution < 1.29 is 9.59 Å². The number of carbonyl (C=O) groups excluding carboxylic acids is 2. The van der Waals surface area contributed by atoms with Crippen molar-refractivity contribution in [2.45, 2.75) is 39.2 Å². The number of nitrogens with zero attached hydrogens (tertiary/aromatic N) is 4. The SMILES string of the molecule is CC(C)CN1CC(C(=O)N2CCCC2c2nc3ccccc3n2C)CC1=O. The molecule has 27 heavy (non-hydrogen) atoms. The van der Waals surface area contributed by atoms with Crippen molar-refractivity contribution >= 4 is 22.8 Å². The van der Waals surface area contributed by atoms with Crippen LogP contribution in [0.4, 0.5) is 0 Å². The Morgan fingerprint density at radius 1 is 1.30 bits per heavy atom. The Hall–Kier alpha value is -2.37. The highest BCUT2D eigenvalue weighted by Gasteiger charge is 2.41. The molecule has 1 aromatic carbocycles. The molecule has 6 heteroatoms. The zero-order chi connectivity index (χ0) is 19.1. The molecule has 2 atom stereocenters. The topological polar surface area (TPSA) is 58.4 Å². The number of carbonyl (C=O) groups is 2. The summed E-state index contributed by atoms with van der Waals surface area (Å²) in [6.07, 6.45) is 2.26. The minimum Gasteiger partial charge on any atom is -0.342 e. The lowest BCUT2D eigenvalue weighted by Gasteiger charge is -2.27. The van der Waals surface area contributed by atoms with Crippen LogP contribution in [-0.2, 0) is 16.6 Å². The fourth-order valence-corrected chi connectivity index (χ4v) is 4.55. The molecule has 0 saturated carbocycles. The molecule has 0 radical (unpaired) electrons. The van der Waals surface area contributed by atoms with E-state index in [0.29, 0.717) is 18.9 Å². The quantitative estimate of drug-likeness (QED) is 0.834. The van der Waals surface area contributed by atoms with E-state index in [1.54, 1.807) is 0 Å². The van der Waals surface area contributed by atoms with E-state index >= 15 is 0 Å². The molecule has 4 rings (SSSR count). The number of likely N-dealkylation sites (tertiary alicyclic amines) is 2. The van der Waals surface area contributed by atoms with Gasteiger partial charge >= 0.3 is 0 Å². The summed E-state index contributed by atoms with van der Waals surface area (Å²) in [4.78, 5) is 34.2. The second kappa shape index (κ2) is 6.98. The van der Waals surface area contributed by atoms with Gasteiger partial charge in [0.05, 0.1) is 23.0 Å². The first kappa shape index (κ1) is 18.0. The van der Waals surface area contributed by atoms with Crippen molar-refractivity contribution in [2.24, 2.45) is 18.9 Å². The average Bonchev–Trinajstić information content (AvgIpc) is 3.33. The normalized spacial score (nSPS) is 23.2. The number of amides is 2. The van der Waals surface area contributed by atoms with E-state index in [1.165, 1.54) is 0 Å². The number of hydrogen-bond acceptors (Lipinski definition) is 3. The lowest BCUT2D eigenvalue weighted by Crippen LogP contribution is -2.38. The summed E-state index contributed by atoms with van der Waals surface area (Å²) in [5.74, 6) is 1.38. The molecule has 2 fully saturated rings. The van der Waals surface area contributed by atoms with Gasteiger partial charge in [-0.1, -0.05) is 26.0 Å². The molecule has 2 aliphatic heterocycles. The van der Waals surface area contributed by atoms with Crippen LogP contribution in [0.1, 0.15) is 45.0 Å². The number of fused-ring (bicyclic) bond motifs is 1. The van der Waals surface area contributed by atoms with Gasteiger partial charge in [0, 0.05) is 33.1 Å². The minimum absolute atomic E-state index is 0.00384. The molecule has 0 aliphatic carbocycles. The Kier molecular flexibility index (Phi) is 4.66. The van der Waals surface area contributed by atoms with Crippen LogP contribution in [0.2, 0.25) is 0 Å². The lowest BCUT2D eigenvalue weighted by molar-refractivity contribution is -0.136. The molecule has 0 bridgehead atoms. The maximum Gasteiger partial charge on any atom is 0.228 e. The van der Waals surface area contributed by atoms with E-state index in [0.717, 1.165) is 42.8 Å². The molecule has 2 amide bonds. The number of imidazole rings is 1. The van der Waals surface area contributed by atoms with Gasteiger partial charge in [0.2, 0.25) is 11.8 Å². The third kappa shape index (κ3) is 3.22. The van der Waals surface area contributed by atoms with Crippen LogP contribution >= 0.6 is 0 Å². The van der Waals surface area contributed by atoms with Crippen LogP contribution in [0.25, 0.3) is 11.0 Å². The fourth-order valence-electron chi connectivity index (χ4n) is 4.55. The predicted octanol–water partition coefficient (Wildman–Crippen LogP) is 2.74. The zero-order valence-corrected chi connectivity index (χ0v) is 16.4. The smallest absolute Gasteiger partial charge is 0.228 e. The van der Waals surface area contributed by atoms with Gasteiger partial charge in [0.1, 0.15) is 5.82 Å². The number of rotatable bonds is 4. The van der Waals surface area contributed by atoms with Crippen LogP contribution in [-0.4, -0.2) is 50.8 Å². The van der Waals surface area contributed by atoms with E-state index in [1.807, 2.05) is 35.0 Å². The Balaban J connectivity index is 1.55. The van der Waals surface area contributed by atoms with E-state index in [9.17, 15) is 9.59 Å². The second-order valence-electron chi connectivity index (χ2n) is 8.30. The van der Waals surface area contributed by atoms with E-state index in [2.05, 4.69) is 24.5 Å². The van der Waals surface area contributed by atoms with Crippen LogP contribution in [0.5, 0.6) is 0 Å². The number of aromatic nitrogens is 2. The summed E-state index contributed by atoms with van der Waals surface area (Å²) < 4.78 is 2.11.